The van der Waals surface area contributed by atoms with E-state index >= 15 is 0 Å². The van der Waals surface area contributed by atoms with Crippen molar-refractivity contribution in [1.29, 1.82) is 0 Å². The Hall–Kier alpha value is -0.660. The standard InChI is InChI=1S/C10H22N2O4S/c1-8(4-11)6-17(14,15)7-10(13)12-9(2)5-16-3/h8-9H,4-7,11H2,1-3H3,(H,12,13). The highest BCUT2D eigenvalue weighted by Gasteiger charge is 2.20. The molecule has 0 aliphatic carbocycles. The summed E-state index contributed by atoms with van der Waals surface area (Å²) in [6.07, 6.45) is 0. The molecule has 0 aromatic heterocycles. The first kappa shape index (κ1) is 16.3. The van der Waals surface area contributed by atoms with E-state index in [1.165, 1.54) is 7.11 Å². The number of carbonyl (C=O) groups excluding carboxylic acids is 1. The van der Waals surface area contributed by atoms with Crippen molar-refractivity contribution in [3.05, 3.63) is 0 Å². The van der Waals surface area contributed by atoms with Crippen LogP contribution in [0.5, 0.6) is 0 Å². The van der Waals surface area contributed by atoms with E-state index in [0.29, 0.717) is 13.2 Å². The number of carbonyl (C=O) groups is 1. The molecule has 2 unspecified atom stereocenters. The van der Waals surface area contributed by atoms with Crippen LogP contribution in [0.1, 0.15) is 13.8 Å². The van der Waals surface area contributed by atoms with Crippen LogP contribution < -0.4 is 11.1 Å². The number of nitrogens with two attached hydrogens (primary N) is 1. The highest BCUT2D eigenvalue weighted by Crippen LogP contribution is 2.00. The topological polar surface area (TPSA) is 98.5 Å². The summed E-state index contributed by atoms with van der Waals surface area (Å²) in [6.45, 7) is 4.13. The van der Waals surface area contributed by atoms with Crippen molar-refractivity contribution < 1.29 is 17.9 Å². The maximum absolute atomic E-state index is 11.6. The second-order valence-electron chi connectivity index (χ2n) is 4.32. The highest BCUT2D eigenvalue weighted by molar-refractivity contribution is 7.92. The quantitative estimate of drug-likeness (QED) is 0.596. The second kappa shape index (κ2) is 7.62. The summed E-state index contributed by atoms with van der Waals surface area (Å²) in [7, 11) is -1.87. The molecule has 6 nitrogen and oxygen atoms in total. The van der Waals surface area contributed by atoms with Crippen molar-refractivity contribution in [2.45, 2.75) is 19.9 Å². The molecule has 0 saturated carbocycles. The predicted molar refractivity (Wildman–Crippen MR) is 66.4 cm³/mol. The van der Waals surface area contributed by atoms with E-state index < -0.39 is 21.5 Å². The Balaban J connectivity index is 4.19. The van der Waals surface area contributed by atoms with Crippen LogP contribution in [0, 0.1) is 5.92 Å². The van der Waals surface area contributed by atoms with Crippen LogP contribution in [0.2, 0.25) is 0 Å². The van der Waals surface area contributed by atoms with E-state index in [-0.39, 0.29) is 17.7 Å². The zero-order valence-corrected chi connectivity index (χ0v) is 11.4. The van der Waals surface area contributed by atoms with Crippen molar-refractivity contribution in [3.63, 3.8) is 0 Å². The third kappa shape index (κ3) is 8.12. The lowest BCUT2D eigenvalue weighted by Crippen LogP contribution is -2.40. The Labute approximate surface area is 103 Å². The minimum atomic E-state index is -3.39. The molecule has 0 fully saturated rings. The molecule has 17 heavy (non-hydrogen) atoms. The average Bonchev–Trinajstić information content (AvgIpc) is 2.15. The molecule has 0 bridgehead atoms. The number of amides is 1. The van der Waals surface area contributed by atoms with Gasteiger partial charge in [-0.25, -0.2) is 8.42 Å². The number of rotatable bonds is 8. The molecule has 0 saturated heterocycles. The highest BCUT2D eigenvalue weighted by atomic mass is 32.2. The molecule has 0 aromatic rings. The molecule has 0 heterocycles. The number of sulfone groups is 1. The Morgan fingerprint density at radius 3 is 2.47 bits per heavy atom. The zero-order chi connectivity index (χ0) is 13.5. The summed E-state index contributed by atoms with van der Waals surface area (Å²) < 4.78 is 28.0. The molecule has 0 rings (SSSR count). The van der Waals surface area contributed by atoms with Gasteiger partial charge in [0.15, 0.2) is 9.84 Å². The maximum Gasteiger partial charge on any atom is 0.235 e. The summed E-state index contributed by atoms with van der Waals surface area (Å²) in [6, 6.07) is -0.199. The Kier molecular flexibility index (Phi) is 7.33. The summed E-state index contributed by atoms with van der Waals surface area (Å²) in [4.78, 5) is 11.4. The van der Waals surface area contributed by atoms with Gasteiger partial charge in [-0.15, -0.1) is 0 Å². The van der Waals surface area contributed by atoms with E-state index in [2.05, 4.69) is 5.32 Å². The number of nitrogens with one attached hydrogen (secondary N) is 1. The second-order valence-corrected chi connectivity index (χ2v) is 6.43. The number of hydrogen-bond acceptors (Lipinski definition) is 5. The number of ether oxygens (including phenoxy) is 1. The molecule has 0 radical (unpaired) electrons. The molecule has 0 aromatic carbocycles. The first-order valence-corrected chi connectivity index (χ1v) is 7.31. The summed E-state index contributed by atoms with van der Waals surface area (Å²) >= 11 is 0. The van der Waals surface area contributed by atoms with Crippen LogP contribution in [-0.2, 0) is 19.4 Å². The van der Waals surface area contributed by atoms with E-state index in [1.54, 1.807) is 13.8 Å². The third-order valence-electron chi connectivity index (χ3n) is 2.12. The van der Waals surface area contributed by atoms with Gasteiger partial charge < -0.3 is 15.8 Å². The maximum atomic E-state index is 11.6. The van der Waals surface area contributed by atoms with Gasteiger partial charge in [-0.3, -0.25) is 4.79 Å². The van der Waals surface area contributed by atoms with Gasteiger partial charge in [0.2, 0.25) is 5.91 Å². The lowest BCUT2D eigenvalue weighted by molar-refractivity contribution is -0.119. The molecular weight excluding hydrogens is 244 g/mol. The Morgan fingerprint density at radius 2 is 2.00 bits per heavy atom. The van der Waals surface area contributed by atoms with Crippen LogP contribution >= 0.6 is 0 Å². The van der Waals surface area contributed by atoms with Gasteiger partial charge in [-0.2, -0.15) is 0 Å². The summed E-state index contributed by atoms with van der Waals surface area (Å²) in [5.41, 5.74) is 5.35. The molecule has 0 aliphatic rings. The van der Waals surface area contributed by atoms with E-state index in [9.17, 15) is 13.2 Å². The average molecular weight is 266 g/mol. The van der Waals surface area contributed by atoms with Crippen LogP contribution in [0.25, 0.3) is 0 Å². The van der Waals surface area contributed by atoms with Gasteiger partial charge in [0.1, 0.15) is 5.75 Å². The van der Waals surface area contributed by atoms with Crippen LogP contribution in [0.3, 0.4) is 0 Å². The SMILES string of the molecule is COCC(C)NC(=O)CS(=O)(=O)CC(C)CN. The van der Waals surface area contributed by atoms with Crippen molar-refractivity contribution in [3.8, 4) is 0 Å². The summed E-state index contributed by atoms with van der Waals surface area (Å²) in [5.74, 6) is -1.19. The normalized spacial score (nSPS) is 15.3. The summed E-state index contributed by atoms with van der Waals surface area (Å²) in [5, 5.41) is 2.55. The van der Waals surface area contributed by atoms with Crippen LogP contribution in [0.15, 0.2) is 0 Å². The van der Waals surface area contributed by atoms with Crippen molar-refractivity contribution in [1.82, 2.24) is 5.32 Å². The fraction of sp³-hybridized carbons (Fsp3) is 0.900. The van der Waals surface area contributed by atoms with Gasteiger partial charge in [-0.05, 0) is 19.4 Å². The van der Waals surface area contributed by atoms with Crippen LogP contribution in [-0.4, -0.2) is 52.1 Å². The number of methoxy groups -OCH3 is 1. The first-order valence-electron chi connectivity index (χ1n) is 5.49. The molecular formula is C10H22N2O4S. The monoisotopic (exact) mass is 266 g/mol. The molecule has 2 atom stereocenters. The van der Waals surface area contributed by atoms with E-state index in [4.69, 9.17) is 10.5 Å². The third-order valence-corrected chi connectivity index (χ3v) is 3.89. The van der Waals surface area contributed by atoms with Crippen molar-refractivity contribution in [2.75, 3.05) is 31.8 Å². The number of hydrogen-bond donors (Lipinski definition) is 2. The fourth-order valence-electron chi connectivity index (χ4n) is 1.37. The molecule has 1 amide bonds. The molecule has 3 N–H and O–H groups in total. The van der Waals surface area contributed by atoms with Crippen molar-refractivity contribution >= 4 is 15.7 Å². The van der Waals surface area contributed by atoms with Gasteiger partial charge in [0.05, 0.1) is 12.4 Å². The Bertz CT molecular complexity index is 329. The first-order chi connectivity index (χ1) is 7.80. The lowest BCUT2D eigenvalue weighted by atomic mass is 10.2. The fourth-order valence-corrected chi connectivity index (χ4v) is 2.97. The van der Waals surface area contributed by atoms with Crippen molar-refractivity contribution in [2.24, 2.45) is 11.7 Å². The molecule has 102 valence electrons. The largest absolute Gasteiger partial charge is 0.383 e. The lowest BCUT2D eigenvalue weighted by Gasteiger charge is -2.13. The minimum absolute atomic E-state index is 0.0599. The zero-order valence-electron chi connectivity index (χ0n) is 10.6. The van der Waals surface area contributed by atoms with E-state index in [1.807, 2.05) is 0 Å². The molecule has 0 aliphatic heterocycles. The predicted octanol–water partition coefficient (Wildman–Crippen LogP) is -0.853. The van der Waals surface area contributed by atoms with Gasteiger partial charge in [0.25, 0.3) is 0 Å². The molecule has 7 heteroatoms. The minimum Gasteiger partial charge on any atom is -0.383 e. The van der Waals surface area contributed by atoms with Gasteiger partial charge in [-0.1, -0.05) is 6.92 Å². The smallest absolute Gasteiger partial charge is 0.235 e. The molecule has 0 spiro atoms. The van der Waals surface area contributed by atoms with Gasteiger partial charge >= 0.3 is 0 Å². The van der Waals surface area contributed by atoms with Crippen LogP contribution in [0.4, 0.5) is 0 Å². The Morgan fingerprint density at radius 1 is 1.41 bits per heavy atom. The van der Waals surface area contributed by atoms with Gasteiger partial charge in [0, 0.05) is 13.2 Å². The van der Waals surface area contributed by atoms with E-state index in [0.717, 1.165) is 0 Å².